The number of aliphatic carboxylic acids is 1. The lowest BCUT2D eigenvalue weighted by Gasteiger charge is -2.25. The van der Waals surface area contributed by atoms with E-state index in [-0.39, 0.29) is 30.9 Å². The maximum absolute atomic E-state index is 13.5. The number of hydrogen-bond donors (Lipinski definition) is 7. The molecule has 1 aromatic heterocycles. The molecule has 0 aliphatic carbocycles. The van der Waals surface area contributed by atoms with Crippen molar-refractivity contribution in [1.29, 1.82) is 0 Å². The zero-order chi connectivity index (χ0) is 28.9. The lowest BCUT2D eigenvalue weighted by molar-refractivity contribution is -0.142. The van der Waals surface area contributed by atoms with Gasteiger partial charge in [0.05, 0.1) is 12.4 Å². The zero-order valence-corrected chi connectivity index (χ0v) is 23.2. The third-order valence-electron chi connectivity index (χ3n) is 5.91. The largest absolute Gasteiger partial charge is 0.508 e. The van der Waals surface area contributed by atoms with Crippen molar-refractivity contribution < 1.29 is 29.4 Å². The van der Waals surface area contributed by atoms with Gasteiger partial charge in [0.1, 0.15) is 23.9 Å². The van der Waals surface area contributed by atoms with Gasteiger partial charge in [-0.3, -0.25) is 14.4 Å². The first-order chi connectivity index (χ1) is 18.5. The van der Waals surface area contributed by atoms with Crippen molar-refractivity contribution in [3.8, 4) is 5.75 Å². The second kappa shape index (κ2) is 15.7. The van der Waals surface area contributed by atoms with Crippen LogP contribution in [0.5, 0.6) is 5.75 Å². The molecule has 0 aliphatic rings. The highest BCUT2D eigenvalue weighted by Gasteiger charge is 2.31. The molecule has 2 aromatic rings. The molecule has 0 spiro atoms. The van der Waals surface area contributed by atoms with Crippen LogP contribution >= 0.6 is 11.8 Å². The summed E-state index contributed by atoms with van der Waals surface area (Å²) in [5.74, 6) is -2.31. The Morgan fingerprint density at radius 2 is 1.56 bits per heavy atom. The van der Waals surface area contributed by atoms with Gasteiger partial charge in [-0.2, -0.15) is 11.8 Å². The van der Waals surface area contributed by atoms with Crippen LogP contribution in [0.4, 0.5) is 0 Å². The molecule has 0 saturated heterocycles. The first-order valence-corrected chi connectivity index (χ1v) is 14.0. The number of benzene rings is 1. The summed E-state index contributed by atoms with van der Waals surface area (Å²) in [5, 5.41) is 27.1. The number of phenolic OH excluding ortho intramolecular Hbond substituents is 1. The normalized spacial score (nSPS) is 14.2. The number of carbonyl (C=O) groups is 4. The van der Waals surface area contributed by atoms with Crippen molar-refractivity contribution in [2.24, 2.45) is 11.7 Å². The van der Waals surface area contributed by atoms with Gasteiger partial charge in [0.25, 0.3) is 0 Å². The van der Waals surface area contributed by atoms with Crippen molar-refractivity contribution in [3.05, 3.63) is 48.0 Å². The van der Waals surface area contributed by atoms with E-state index >= 15 is 0 Å². The van der Waals surface area contributed by atoms with Gasteiger partial charge < -0.3 is 36.9 Å². The summed E-state index contributed by atoms with van der Waals surface area (Å²) < 4.78 is 0. The second-order valence-corrected chi connectivity index (χ2v) is 10.7. The summed E-state index contributed by atoms with van der Waals surface area (Å²) in [6.07, 6.45) is 5.52. The molecule has 0 saturated carbocycles. The number of imidazole rings is 1. The van der Waals surface area contributed by atoms with E-state index < -0.39 is 47.9 Å². The minimum absolute atomic E-state index is 0.00673. The molecule has 0 bridgehead atoms. The lowest BCUT2D eigenvalue weighted by Crippen LogP contribution is -2.58. The molecule has 8 N–H and O–H groups in total. The molecule has 4 atom stereocenters. The highest BCUT2D eigenvalue weighted by atomic mass is 32.2. The van der Waals surface area contributed by atoms with Gasteiger partial charge in [0, 0.05) is 24.7 Å². The molecule has 0 fully saturated rings. The van der Waals surface area contributed by atoms with Crippen molar-refractivity contribution in [1.82, 2.24) is 25.9 Å². The van der Waals surface area contributed by atoms with Crippen molar-refractivity contribution in [2.75, 3.05) is 12.0 Å². The van der Waals surface area contributed by atoms with Crippen LogP contribution in [-0.4, -0.2) is 80.0 Å². The Labute approximate surface area is 231 Å². The lowest BCUT2D eigenvalue weighted by atomic mass is 10.0. The number of H-pyrrole nitrogens is 1. The van der Waals surface area contributed by atoms with Crippen molar-refractivity contribution in [2.45, 2.75) is 63.7 Å². The van der Waals surface area contributed by atoms with Gasteiger partial charge in [-0.15, -0.1) is 0 Å². The van der Waals surface area contributed by atoms with Gasteiger partial charge in [0.2, 0.25) is 17.7 Å². The van der Waals surface area contributed by atoms with E-state index in [1.54, 1.807) is 23.9 Å². The Hall–Kier alpha value is -3.58. The summed E-state index contributed by atoms with van der Waals surface area (Å²) in [6.45, 7) is 3.68. The molecule has 0 aliphatic heterocycles. The number of hydrogen-bond acceptors (Lipinski definition) is 8. The number of aromatic nitrogens is 2. The summed E-state index contributed by atoms with van der Waals surface area (Å²) in [4.78, 5) is 58.0. The van der Waals surface area contributed by atoms with Gasteiger partial charge in [-0.25, -0.2) is 9.78 Å². The zero-order valence-electron chi connectivity index (χ0n) is 22.3. The molecule has 1 aromatic carbocycles. The van der Waals surface area contributed by atoms with Gasteiger partial charge in [-0.1, -0.05) is 26.0 Å². The molecule has 13 heteroatoms. The fourth-order valence-corrected chi connectivity index (χ4v) is 4.28. The number of carbonyl (C=O) groups excluding carboxylic acids is 3. The average Bonchev–Trinajstić information content (AvgIpc) is 3.40. The highest BCUT2D eigenvalue weighted by Crippen LogP contribution is 2.13. The molecule has 214 valence electrons. The van der Waals surface area contributed by atoms with Crippen LogP contribution in [-0.2, 0) is 32.0 Å². The number of aromatic hydroxyl groups is 1. The SMILES string of the molecule is CSCCC(N)C(=O)NC(Cc1ccc(O)cc1)C(=O)NC(Cc1cnc[nH]1)C(=O)NC(CC(C)C)C(=O)O. The average molecular weight is 563 g/mol. The highest BCUT2D eigenvalue weighted by molar-refractivity contribution is 7.98. The monoisotopic (exact) mass is 562 g/mol. The molecule has 2 rings (SSSR count). The summed E-state index contributed by atoms with van der Waals surface area (Å²) in [5.41, 5.74) is 7.21. The molecule has 1 heterocycles. The first kappa shape index (κ1) is 31.6. The Balaban J connectivity index is 2.27. The minimum Gasteiger partial charge on any atom is -0.508 e. The number of rotatable bonds is 16. The standard InChI is InChI=1S/C26H38N6O6S/c1-15(2)10-22(26(37)38)32-25(36)21(12-17-13-28-14-29-17)31-24(35)20(11-16-4-6-18(33)7-5-16)30-23(34)19(27)8-9-39-3/h4-7,13-15,19-22,33H,8-12,27H2,1-3H3,(H,28,29)(H,30,34)(H,31,35)(H,32,36)(H,37,38). The van der Waals surface area contributed by atoms with E-state index in [0.717, 1.165) is 0 Å². The summed E-state index contributed by atoms with van der Waals surface area (Å²) in [6, 6.07) is 1.95. The Morgan fingerprint density at radius 1 is 0.974 bits per heavy atom. The quantitative estimate of drug-likeness (QED) is 0.153. The number of carboxylic acid groups (broad SMARTS) is 1. The van der Waals surface area contributed by atoms with E-state index in [2.05, 4.69) is 25.9 Å². The number of phenols is 1. The number of nitrogens with one attached hydrogen (secondary N) is 4. The number of nitrogens with two attached hydrogens (primary N) is 1. The van der Waals surface area contributed by atoms with Crippen LogP contribution < -0.4 is 21.7 Å². The van der Waals surface area contributed by atoms with Crippen LogP contribution in [0.25, 0.3) is 0 Å². The molecule has 39 heavy (non-hydrogen) atoms. The number of carboxylic acids is 1. The van der Waals surface area contributed by atoms with Gasteiger partial charge in [0.15, 0.2) is 0 Å². The third-order valence-corrected chi connectivity index (χ3v) is 6.56. The molecule has 4 unspecified atom stereocenters. The maximum Gasteiger partial charge on any atom is 0.326 e. The van der Waals surface area contributed by atoms with Crippen molar-refractivity contribution >= 4 is 35.5 Å². The second-order valence-electron chi connectivity index (χ2n) is 9.69. The fourth-order valence-electron chi connectivity index (χ4n) is 3.79. The molecule has 12 nitrogen and oxygen atoms in total. The molecule has 0 radical (unpaired) electrons. The van der Waals surface area contributed by atoms with Crippen molar-refractivity contribution in [3.63, 3.8) is 0 Å². The topological polar surface area (TPSA) is 200 Å². The van der Waals surface area contributed by atoms with E-state index in [0.29, 0.717) is 23.4 Å². The summed E-state index contributed by atoms with van der Waals surface area (Å²) >= 11 is 1.54. The Kier molecular flexibility index (Phi) is 12.8. The predicted octanol–water partition coefficient (Wildman–Crippen LogP) is 0.566. The van der Waals surface area contributed by atoms with Gasteiger partial charge in [-0.05, 0) is 48.5 Å². The molecular formula is C26H38N6O6S. The molecule has 3 amide bonds. The number of amides is 3. The van der Waals surface area contributed by atoms with E-state index in [4.69, 9.17) is 5.73 Å². The van der Waals surface area contributed by atoms with E-state index in [1.807, 2.05) is 20.1 Å². The minimum atomic E-state index is -1.18. The van der Waals surface area contributed by atoms with E-state index in [9.17, 15) is 29.4 Å². The Bertz CT molecular complexity index is 1080. The third kappa shape index (κ3) is 11.0. The van der Waals surface area contributed by atoms with Crippen LogP contribution in [0.3, 0.4) is 0 Å². The van der Waals surface area contributed by atoms with Gasteiger partial charge >= 0.3 is 5.97 Å². The Morgan fingerprint density at radius 3 is 2.10 bits per heavy atom. The predicted molar refractivity (Wildman–Crippen MR) is 148 cm³/mol. The maximum atomic E-state index is 13.5. The van der Waals surface area contributed by atoms with Crippen LogP contribution in [0, 0.1) is 5.92 Å². The molecular weight excluding hydrogens is 524 g/mol. The first-order valence-electron chi connectivity index (χ1n) is 12.6. The number of nitrogens with zero attached hydrogens (tertiary/aromatic N) is 1. The summed E-state index contributed by atoms with van der Waals surface area (Å²) in [7, 11) is 0. The van der Waals surface area contributed by atoms with Crippen LogP contribution in [0.2, 0.25) is 0 Å². The fraction of sp³-hybridized carbons (Fsp3) is 0.500. The number of aromatic amines is 1. The van der Waals surface area contributed by atoms with Crippen LogP contribution in [0.15, 0.2) is 36.8 Å². The van der Waals surface area contributed by atoms with Crippen LogP contribution in [0.1, 0.15) is 37.9 Å². The smallest absolute Gasteiger partial charge is 0.326 e. The van der Waals surface area contributed by atoms with E-state index in [1.165, 1.54) is 24.7 Å². The number of thioether (sulfide) groups is 1.